The SMILES string of the molecule is Cc1nc2ccccc2c(=O)n1-c1ccc(C(=O)Nc2cccc(C#N)c2)cc1. The van der Waals surface area contributed by atoms with Gasteiger partial charge in [0, 0.05) is 11.3 Å². The van der Waals surface area contributed by atoms with Gasteiger partial charge in [0.15, 0.2) is 0 Å². The van der Waals surface area contributed by atoms with Crippen LogP contribution in [0.2, 0.25) is 0 Å². The van der Waals surface area contributed by atoms with E-state index in [-0.39, 0.29) is 11.5 Å². The molecule has 29 heavy (non-hydrogen) atoms. The van der Waals surface area contributed by atoms with Crippen molar-refractivity contribution in [3.63, 3.8) is 0 Å². The number of nitrogens with one attached hydrogen (secondary N) is 1. The van der Waals surface area contributed by atoms with E-state index in [1.165, 1.54) is 4.57 Å². The summed E-state index contributed by atoms with van der Waals surface area (Å²) < 4.78 is 1.53. The topological polar surface area (TPSA) is 87.8 Å². The molecule has 1 amide bonds. The van der Waals surface area contributed by atoms with Gasteiger partial charge < -0.3 is 5.32 Å². The lowest BCUT2D eigenvalue weighted by molar-refractivity contribution is 0.102. The fourth-order valence-corrected chi connectivity index (χ4v) is 3.18. The molecular weight excluding hydrogens is 364 g/mol. The van der Waals surface area contributed by atoms with Gasteiger partial charge >= 0.3 is 0 Å². The Morgan fingerprint density at radius 1 is 1.03 bits per heavy atom. The van der Waals surface area contributed by atoms with Crippen LogP contribution in [0.4, 0.5) is 5.69 Å². The summed E-state index contributed by atoms with van der Waals surface area (Å²) in [4.78, 5) is 29.9. The van der Waals surface area contributed by atoms with Crippen molar-refractivity contribution in [2.75, 3.05) is 5.32 Å². The number of rotatable bonds is 3. The Balaban J connectivity index is 1.65. The Bertz CT molecular complexity index is 1330. The van der Waals surface area contributed by atoms with Crippen molar-refractivity contribution < 1.29 is 4.79 Å². The minimum absolute atomic E-state index is 0.154. The van der Waals surface area contributed by atoms with Crippen molar-refractivity contribution in [3.05, 3.63) is 100 Å². The monoisotopic (exact) mass is 380 g/mol. The molecule has 0 spiro atoms. The minimum atomic E-state index is -0.299. The Kier molecular flexibility index (Phi) is 4.63. The summed E-state index contributed by atoms with van der Waals surface area (Å²) in [6, 6.07) is 22.7. The highest BCUT2D eigenvalue weighted by molar-refractivity contribution is 6.04. The number of aryl methyl sites for hydroxylation is 1. The van der Waals surface area contributed by atoms with E-state index in [0.29, 0.717) is 39.2 Å². The second-order valence-corrected chi connectivity index (χ2v) is 6.51. The molecule has 140 valence electrons. The standard InChI is InChI=1S/C23H16N4O2/c1-15-25-21-8-3-2-7-20(21)23(29)27(15)19-11-9-17(10-12-19)22(28)26-18-6-4-5-16(13-18)14-24/h2-13H,1H3,(H,26,28). The highest BCUT2D eigenvalue weighted by Crippen LogP contribution is 2.15. The van der Waals surface area contributed by atoms with Crippen LogP contribution >= 0.6 is 0 Å². The van der Waals surface area contributed by atoms with Crippen LogP contribution in [0, 0.1) is 18.3 Å². The van der Waals surface area contributed by atoms with E-state index in [1.807, 2.05) is 18.2 Å². The molecule has 0 unspecified atom stereocenters. The summed E-state index contributed by atoms with van der Waals surface area (Å²) in [5, 5.41) is 12.3. The van der Waals surface area contributed by atoms with Crippen molar-refractivity contribution >= 4 is 22.5 Å². The van der Waals surface area contributed by atoms with Crippen molar-refractivity contribution in [1.82, 2.24) is 9.55 Å². The molecule has 4 aromatic rings. The zero-order valence-corrected chi connectivity index (χ0v) is 15.6. The highest BCUT2D eigenvalue weighted by atomic mass is 16.1. The number of nitriles is 1. The van der Waals surface area contributed by atoms with Gasteiger partial charge in [-0.2, -0.15) is 5.26 Å². The van der Waals surface area contributed by atoms with Gasteiger partial charge in [0.2, 0.25) is 0 Å². The number of fused-ring (bicyclic) bond motifs is 1. The molecule has 3 aromatic carbocycles. The molecule has 1 aromatic heterocycles. The predicted octanol–water partition coefficient (Wildman–Crippen LogP) is 3.82. The van der Waals surface area contributed by atoms with Gasteiger partial charge in [0.1, 0.15) is 5.82 Å². The lowest BCUT2D eigenvalue weighted by Crippen LogP contribution is -2.22. The zero-order valence-electron chi connectivity index (χ0n) is 15.6. The Morgan fingerprint density at radius 2 is 1.79 bits per heavy atom. The number of para-hydroxylation sites is 1. The fraction of sp³-hybridized carbons (Fsp3) is 0.0435. The van der Waals surface area contributed by atoms with E-state index in [2.05, 4.69) is 10.3 Å². The maximum atomic E-state index is 12.9. The van der Waals surface area contributed by atoms with Crippen LogP contribution in [0.5, 0.6) is 0 Å². The number of amides is 1. The average Bonchev–Trinajstić information content (AvgIpc) is 2.74. The van der Waals surface area contributed by atoms with Gasteiger partial charge in [-0.15, -0.1) is 0 Å². The zero-order chi connectivity index (χ0) is 20.4. The Labute approximate surface area is 166 Å². The molecule has 0 saturated carbocycles. The van der Waals surface area contributed by atoms with Gasteiger partial charge in [0.25, 0.3) is 11.5 Å². The summed E-state index contributed by atoms with van der Waals surface area (Å²) >= 11 is 0. The number of carbonyl (C=O) groups is 1. The van der Waals surface area contributed by atoms with Crippen LogP contribution in [0.3, 0.4) is 0 Å². The van der Waals surface area contributed by atoms with E-state index < -0.39 is 0 Å². The summed E-state index contributed by atoms with van der Waals surface area (Å²) in [7, 11) is 0. The van der Waals surface area contributed by atoms with E-state index in [9.17, 15) is 9.59 Å². The molecule has 0 atom stereocenters. The van der Waals surface area contributed by atoms with Gasteiger partial charge in [0.05, 0.1) is 28.2 Å². The largest absolute Gasteiger partial charge is 0.322 e. The number of hydrogen-bond acceptors (Lipinski definition) is 4. The van der Waals surface area contributed by atoms with Crippen LogP contribution in [-0.2, 0) is 0 Å². The first kappa shape index (κ1) is 18.1. The molecule has 0 saturated heterocycles. The van der Waals surface area contributed by atoms with Gasteiger partial charge in [-0.1, -0.05) is 18.2 Å². The maximum Gasteiger partial charge on any atom is 0.265 e. The second-order valence-electron chi connectivity index (χ2n) is 6.51. The normalized spacial score (nSPS) is 10.5. The molecule has 1 heterocycles. The molecule has 0 aliphatic carbocycles. The maximum absolute atomic E-state index is 12.9. The lowest BCUT2D eigenvalue weighted by Gasteiger charge is -2.11. The molecule has 1 N–H and O–H groups in total. The first-order chi connectivity index (χ1) is 14.1. The number of benzene rings is 3. The molecule has 0 aliphatic rings. The fourth-order valence-electron chi connectivity index (χ4n) is 3.18. The van der Waals surface area contributed by atoms with Crippen LogP contribution in [0.1, 0.15) is 21.7 Å². The molecule has 6 heteroatoms. The summed E-state index contributed by atoms with van der Waals surface area (Å²) in [5.74, 6) is 0.270. The van der Waals surface area contributed by atoms with Crippen molar-refractivity contribution in [2.45, 2.75) is 6.92 Å². The van der Waals surface area contributed by atoms with E-state index in [4.69, 9.17) is 5.26 Å². The van der Waals surface area contributed by atoms with Crippen LogP contribution in [-0.4, -0.2) is 15.5 Å². The summed E-state index contributed by atoms with van der Waals surface area (Å²) in [6.45, 7) is 1.77. The van der Waals surface area contributed by atoms with Crippen LogP contribution < -0.4 is 10.9 Å². The average molecular weight is 380 g/mol. The number of carbonyl (C=O) groups excluding carboxylic acids is 1. The third-order valence-electron chi connectivity index (χ3n) is 4.58. The quantitative estimate of drug-likeness (QED) is 0.585. The summed E-state index contributed by atoms with van der Waals surface area (Å²) in [6.07, 6.45) is 0. The third-order valence-corrected chi connectivity index (χ3v) is 4.58. The Morgan fingerprint density at radius 3 is 2.55 bits per heavy atom. The van der Waals surface area contributed by atoms with E-state index in [0.717, 1.165) is 0 Å². The van der Waals surface area contributed by atoms with Gasteiger partial charge in [-0.3, -0.25) is 14.2 Å². The van der Waals surface area contributed by atoms with E-state index in [1.54, 1.807) is 67.6 Å². The molecular formula is C23H16N4O2. The number of nitrogens with zero attached hydrogens (tertiary/aromatic N) is 3. The molecule has 0 radical (unpaired) electrons. The first-order valence-electron chi connectivity index (χ1n) is 8.97. The van der Waals surface area contributed by atoms with E-state index >= 15 is 0 Å². The number of anilines is 1. The molecule has 0 bridgehead atoms. The second kappa shape index (κ2) is 7.41. The van der Waals surface area contributed by atoms with Crippen LogP contribution in [0.25, 0.3) is 16.6 Å². The van der Waals surface area contributed by atoms with Crippen molar-refractivity contribution in [3.8, 4) is 11.8 Å². The Hall–Kier alpha value is -4.24. The predicted molar refractivity (Wildman–Crippen MR) is 111 cm³/mol. The lowest BCUT2D eigenvalue weighted by atomic mass is 10.1. The molecule has 6 nitrogen and oxygen atoms in total. The van der Waals surface area contributed by atoms with Crippen LogP contribution in [0.15, 0.2) is 77.6 Å². The van der Waals surface area contributed by atoms with Gasteiger partial charge in [-0.05, 0) is 61.5 Å². The van der Waals surface area contributed by atoms with Crippen molar-refractivity contribution in [1.29, 1.82) is 5.26 Å². The van der Waals surface area contributed by atoms with Crippen molar-refractivity contribution in [2.24, 2.45) is 0 Å². The molecule has 0 fully saturated rings. The summed E-state index contributed by atoms with van der Waals surface area (Å²) in [5.41, 5.74) is 2.59. The number of hydrogen-bond donors (Lipinski definition) is 1. The van der Waals surface area contributed by atoms with Gasteiger partial charge in [-0.25, -0.2) is 4.98 Å². The molecule has 4 rings (SSSR count). The number of aromatic nitrogens is 2. The third kappa shape index (κ3) is 3.49. The minimum Gasteiger partial charge on any atom is -0.322 e. The smallest absolute Gasteiger partial charge is 0.265 e. The molecule has 0 aliphatic heterocycles. The highest BCUT2D eigenvalue weighted by Gasteiger charge is 2.11. The first-order valence-corrected chi connectivity index (χ1v) is 8.97.